The predicted octanol–water partition coefficient (Wildman–Crippen LogP) is 2.65. The molecule has 0 aromatic heterocycles. The Hall–Kier alpha value is -1.26. The highest BCUT2D eigenvalue weighted by atomic mass is 35.5. The van der Waals surface area contributed by atoms with Gasteiger partial charge >= 0.3 is 0 Å². The summed E-state index contributed by atoms with van der Waals surface area (Å²) in [5, 5.41) is 3.23. The number of ketones is 1. The van der Waals surface area contributed by atoms with E-state index in [-0.39, 0.29) is 36.9 Å². The van der Waals surface area contributed by atoms with Crippen molar-refractivity contribution in [3.8, 4) is 11.5 Å². The van der Waals surface area contributed by atoms with Crippen LogP contribution in [0.4, 0.5) is 0 Å². The molecular weight excluding hydrogens is 266 g/mol. The van der Waals surface area contributed by atoms with E-state index in [4.69, 9.17) is 9.47 Å². The summed E-state index contributed by atoms with van der Waals surface area (Å²) >= 11 is 0. The van der Waals surface area contributed by atoms with Gasteiger partial charge in [-0.25, -0.2) is 0 Å². The first-order valence-electron chi connectivity index (χ1n) is 6.30. The molecule has 106 valence electrons. The van der Waals surface area contributed by atoms with E-state index in [9.17, 15) is 4.79 Å². The van der Waals surface area contributed by atoms with Crippen molar-refractivity contribution in [3.63, 3.8) is 0 Å². The standard InChI is InChI=1S/C14H19NO3.ClH/c1-4-15-13(9(2)3)14(16)10-5-6-11-12(7-10)18-8-17-11;/h5-7,9,13,15H,4,8H2,1-3H3;1H. The molecule has 1 atom stereocenters. The second-order valence-electron chi connectivity index (χ2n) is 4.71. The van der Waals surface area contributed by atoms with Gasteiger partial charge in [0, 0.05) is 5.56 Å². The van der Waals surface area contributed by atoms with E-state index in [1.165, 1.54) is 0 Å². The van der Waals surface area contributed by atoms with Crippen LogP contribution in [-0.4, -0.2) is 25.2 Å². The average Bonchev–Trinajstić information content (AvgIpc) is 2.81. The molecule has 0 spiro atoms. The first kappa shape index (κ1) is 15.8. The number of nitrogens with one attached hydrogen (secondary N) is 1. The summed E-state index contributed by atoms with van der Waals surface area (Å²) in [4.78, 5) is 12.4. The fraction of sp³-hybridized carbons (Fsp3) is 0.500. The van der Waals surface area contributed by atoms with Crippen LogP contribution in [0.5, 0.6) is 11.5 Å². The van der Waals surface area contributed by atoms with E-state index in [1.54, 1.807) is 18.2 Å². The fourth-order valence-electron chi connectivity index (χ4n) is 2.08. The maximum Gasteiger partial charge on any atom is 0.231 e. The highest BCUT2D eigenvalue weighted by Crippen LogP contribution is 2.33. The maximum absolute atomic E-state index is 12.4. The van der Waals surface area contributed by atoms with Crippen LogP contribution in [0.2, 0.25) is 0 Å². The minimum Gasteiger partial charge on any atom is -0.454 e. The van der Waals surface area contributed by atoms with E-state index in [0.29, 0.717) is 17.1 Å². The number of likely N-dealkylation sites (N-methyl/N-ethyl adjacent to an activating group) is 1. The van der Waals surface area contributed by atoms with Gasteiger partial charge in [0.1, 0.15) is 0 Å². The van der Waals surface area contributed by atoms with Crippen LogP contribution in [0.25, 0.3) is 0 Å². The summed E-state index contributed by atoms with van der Waals surface area (Å²) < 4.78 is 10.5. The number of hydrogen-bond acceptors (Lipinski definition) is 4. The summed E-state index contributed by atoms with van der Waals surface area (Å²) in [7, 11) is 0. The van der Waals surface area contributed by atoms with E-state index in [2.05, 4.69) is 5.32 Å². The topological polar surface area (TPSA) is 47.6 Å². The van der Waals surface area contributed by atoms with E-state index >= 15 is 0 Å². The van der Waals surface area contributed by atoms with Gasteiger partial charge in [0.2, 0.25) is 6.79 Å². The van der Waals surface area contributed by atoms with Crippen LogP contribution in [0.3, 0.4) is 0 Å². The molecule has 1 unspecified atom stereocenters. The molecule has 4 nitrogen and oxygen atoms in total. The Morgan fingerprint density at radius 3 is 2.63 bits per heavy atom. The number of fused-ring (bicyclic) bond motifs is 1. The molecule has 1 aromatic rings. The van der Waals surface area contributed by atoms with Crippen molar-refractivity contribution in [2.24, 2.45) is 5.92 Å². The highest BCUT2D eigenvalue weighted by molar-refractivity contribution is 6.00. The molecule has 0 aliphatic carbocycles. The van der Waals surface area contributed by atoms with Gasteiger partial charge in [0.15, 0.2) is 17.3 Å². The second-order valence-corrected chi connectivity index (χ2v) is 4.71. The van der Waals surface area contributed by atoms with Crippen LogP contribution in [0, 0.1) is 5.92 Å². The van der Waals surface area contributed by atoms with E-state index < -0.39 is 0 Å². The molecule has 5 heteroatoms. The van der Waals surface area contributed by atoms with Crippen LogP contribution in [-0.2, 0) is 0 Å². The largest absolute Gasteiger partial charge is 0.454 e. The second kappa shape index (κ2) is 6.78. The summed E-state index contributed by atoms with van der Waals surface area (Å²) in [5.41, 5.74) is 0.666. The number of carbonyl (C=O) groups excluding carboxylic acids is 1. The molecule has 1 aromatic carbocycles. The predicted molar refractivity (Wildman–Crippen MR) is 76.4 cm³/mol. The Balaban J connectivity index is 0.00000180. The third kappa shape index (κ3) is 3.39. The fourth-order valence-corrected chi connectivity index (χ4v) is 2.08. The first-order valence-corrected chi connectivity index (χ1v) is 6.30. The van der Waals surface area contributed by atoms with Crippen LogP contribution >= 0.6 is 12.4 Å². The summed E-state index contributed by atoms with van der Waals surface area (Å²) in [6, 6.07) is 5.19. The van der Waals surface area contributed by atoms with E-state index in [1.807, 2.05) is 20.8 Å². The smallest absolute Gasteiger partial charge is 0.231 e. The Morgan fingerprint density at radius 1 is 1.32 bits per heavy atom. The summed E-state index contributed by atoms with van der Waals surface area (Å²) in [6.07, 6.45) is 0. The van der Waals surface area contributed by atoms with Crippen molar-refractivity contribution in [1.82, 2.24) is 5.32 Å². The lowest BCUT2D eigenvalue weighted by Crippen LogP contribution is -2.40. The Kier molecular flexibility index (Phi) is 5.63. The molecule has 1 aliphatic rings. The molecule has 1 N–H and O–H groups in total. The van der Waals surface area contributed by atoms with Gasteiger partial charge in [-0.2, -0.15) is 0 Å². The van der Waals surface area contributed by atoms with Crippen LogP contribution < -0.4 is 14.8 Å². The van der Waals surface area contributed by atoms with Crippen molar-refractivity contribution in [2.75, 3.05) is 13.3 Å². The molecule has 0 amide bonds. The maximum atomic E-state index is 12.4. The van der Waals surface area contributed by atoms with Crippen molar-refractivity contribution in [3.05, 3.63) is 23.8 Å². The summed E-state index contributed by atoms with van der Waals surface area (Å²) in [5.74, 6) is 1.71. The normalized spacial score (nSPS) is 14.1. The average molecular weight is 286 g/mol. The Bertz CT molecular complexity index is 448. The molecule has 0 radical (unpaired) electrons. The van der Waals surface area contributed by atoms with Gasteiger partial charge in [-0.15, -0.1) is 12.4 Å². The Morgan fingerprint density at radius 2 is 2.00 bits per heavy atom. The Labute approximate surface area is 119 Å². The minimum atomic E-state index is -0.157. The highest BCUT2D eigenvalue weighted by Gasteiger charge is 2.24. The zero-order chi connectivity index (χ0) is 13.1. The first-order chi connectivity index (χ1) is 8.63. The zero-order valence-electron chi connectivity index (χ0n) is 11.4. The monoisotopic (exact) mass is 285 g/mol. The minimum absolute atomic E-state index is 0. The molecule has 0 fully saturated rings. The van der Waals surface area contributed by atoms with Crippen LogP contribution in [0.1, 0.15) is 31.1 Å². The third-order valence-corrected chi connectivity index (χ3v) is 3.03. The third-order valence-electron chi connectivity index (χ3n) is 3.03. The quantitative estimate of drug-likeness (QED) is 0.845. The molecule has 19 heavy (non-hydrogen) atoms. The number of rotatable bonds is 5. The molecule has 2 rings (SSSR count). The van der Waals surface area contributed by atoms with Gasteiger partial charge in [0.05, 0.1) is 6.04 Å². The molecule has 1 aliphatic heterocycles. The van der Waals surface area contributed by atoms with Crippen molar-refractivity contribution >= 4 is 18.2 Å². The number of Topliss-reactive ketones (excluding diaryl/α,β-unsaturated/α-hetero) is 1. The van der Waals surface area contributed by atoms with Crippen molar-refractivity contribution in [1.29, 1.82) is 0 Å². The molecule has 0 bridgehead atoms. The van der Waals surface area contributed by atoms with Gasteiger partial charge in [-0.3, -0.25) is 4.79 Å². The van der Waals surface area contributed by atoms with Gasteiger partial charge < -0.3 is 14.8 Å². The molecule has 0 saturated heterocycles. The van der Waals surface area contributed by atoms with E-state index in [0.717, 1.165) is 6.54 Å². The number of carbonyl (C=O) groups is 1. The van der Waals surface area contributed by atoms with Crippen LogP contribution in [0.15, 0.2) is 18.2 Å². The summed E-state index contributed by atoms with van der Waals surface area (Å²) in [6.45, 7) is 7.09. The van der Waals surface area contributed by atoms with Gasteiger partial charge in [-0.1, -0.05) is 20.8 Å². The molecule has 1 heterocycles. The van der Waals surface area contributed by atoms with Gasteiger partial charge in [0.25, 0.3) is 0 Å². The SMILES string of the molecule is CCNC(C(=O)c1ccc2c(c1)OCO2)C(C)C.Cl. The lowest BCUT2D eigenvalue weighted by molar-refractivity contribution is 0.0918. The zero-order valence-corrected chi connectivity index (χ0v) is 12.3. The number of hydrogen-bond donors (Lipinski definition) is 1. The molecular formula is C14H20ClNO3. The number of benzene rings is 1. The molecule has 0 saturated carbocycles. The number of ether oxygens (including phenoxy) is 2. The number of halogens is 1. The van der Waals surface area contributed by atoms with Crippen molar-refractivity contribution in [2.45, 2.75) is 26.8 Å². The van der Waals surface area contributed by atoms with Crippen molar-refractivity contribution < 1.29 is 14.3 Å². The lowest BCUT2D eigenvalue weighted by atomic mass is 9.95. The van der Waals surface area contributed by atoms with Gasteiger partial charge in [-0.05, 0) is 30.7 Å². The lowest BCUT2D eigenvalue weighted by Gasteiger charge is -2.20.